The number of nitrogens with zero attached hydrogens (tertiary/aromatic N) is 4. The molecule has 8 rings (SSSR count). The molecule has 3 N–H and O–H groups in total. The second-order valence-electron chi connectivity index (χ2n) is 13.5. The topological polar surface area (TPSA) is 109 Å². The van der Waals surface area contributed by atoms with E-state index in [9.17, 15) is 27.2 Å². The Hall–Kier alpha value is -3.87. The molecule has 8 nitrogen and oxygen atoms in total. The van der Waals surface area contributed by atoms with Crippen LogP contribution in [0.4, 0.5) is 31.3 Å². The van der Waals surface area contributed by atoms with Crippen LogP contribution in [-0.2, 0) is 6.18 Å². The molecule has 1 aliphatic carbocycles. The maximum Gasteiger partial charge on any atom is 0.417 e. The molecule has 0 amide bonds. The zero-order valence-electron chi connectivity index (χ0n) is 25.5. The lowest BCUT2D eigenvalue weighted by molar-refractivity contribution is -0.137. The Morgan fingerprint density at radius 2 is 1.98 bits per heavy atom. The van der Waals surface area contributed by atoms with Crippen LogP contribution in [0, 0.1) is 28.4 Å². The van der Waals surface area contributed by atoms with Gasteiger partial charge in [0.25, 0.3) is 0 Å². The molecule has 0 bridgehead atoms. The van der Waals surface area contributed by atoms with E-state index in [1.165, 1.54) is 0 Å². The highest BCUT2D eigenvalue weighted by Crippen LogP contribution is 2.49. The lowest BCUT2D eigenvalue weighted by Crippen LogP contribution is -2.52. The number of nitriles is 1. The van der Waals surface area contributed by atoms with Crippen LogP contribution in [0.5, 0.6) is 11.9 Å². The number of thiophene rings is 1. The third kappa shape index (κ3) is 4.94. The van der Waals surface area contributed by atoms with Gasteiger partial charge in [0.05, 0.1) is 26.8 Å². The summed E-state index contributed by atoms with van der Waals surface area (Å²) in [6, 6.07) is 4.17. The summed E-state index contributed by atoms with van der Waals surface area (Å²) in [5.74, 6) is -2.43. The van der Waals surface area contributed by atoms with Crippen LogP contribution in [0.2, 0.25) is 0 Å². The molecule has 2 aromatic carbocycles. The fraction of sp³-hybridized carbons (Fsp3) is 0.485. The van der Waals surface area contributed by atoms with Gasteiger partial charge in [-0.25, -0.2) is 13.2 Å². The molecule has 1 saturated carbocycles. The number of nitrogens with one attached hydrogen (secondary N) is 1. The van der Waals surface area contributed by atoms with E-state index >= 15 is 4.39 Å². The molecule has 3 saturated heterocycles. The normalized spacial score (nSPS) is 25.1. The molecule has 48 heavy (non-hydrogen) atoms. The number of ether oxygens (including phenoxy) is 2. The molecule has 4 aliphatic rings. The summed E-state index contributed by atoms with van der Waals surface area (Å²) < 4.78 is 103. The van der Waals surface area contributed by atoms with Crippen LogP contribution in [0.25, 0.3) is 32.1 Å². The van der Waals surface area contributed by atoms with E-state index in [4.69, 9.17) is 15.2 Å². The van der Waals surface area contributed by atoms with Gasteiger partial charge >= 0.3 is 12.2 Å². The smallest absolute Gasteiger partial charge is 0.417 e. The highest BCUT2D eigenvalue weighted by Gasteiger charge is 2.50. The molecule has 3 atom stereocenters. The molecule has 0 radical (unpaired) electrons. The molecule has 4 fully saturated rings. The van der Waals surface area contributed by atoms with E-state index in [0.717, 1.165) is 44.1 Å². The van der Waals surface area contributed by atoms with E-state index in [-0.39, 0.29) is 74.6 Å². The van der Waals surface area contributed by atoms with Crippen molar-refractivity contribution in [2.24, 2.45) is 5.41 Å². The predicted molar refractivity (Wildman–Crippen MR) is 167 cm³/mol. The number of fused-ring (bicyclic) bond motifs is 3. The Morgan fingerprint density at radius 3 is 2.69 bits per heavy atom. The third-order valence-corrected chi connectivity index (χ3v) is 11.6. The zero-order valence-corrected chi connectivity index (χ0v) is 26.3. The first kappa shape index (κ1) is 31.4. The van der Waals surface area contributed by atoms with E-state index in [1.807, 2.05) is 11.0 Å². The monoisotopic (exact) mass is 688 g/mol. The van der Waals surface area contributed by atoms with E-state index in [2.05, 4.69) is 15.3 Å². The van der Waals surface area contributed by atoms with Gasteiger partial charge in [0.1, 0.15) is 41.3 Å². The largest absolute Gasteiger partial charge is 0.474 e. The lowest BCUT2D eigenvalue weighted by atomic mass is 9.80. The molecule has 3 unspecified atom stereocenters. The van der Waals surface area contributed by atoms with E-state index in [0.29, 0.717) is 37.1 Å². The molecular formula is C33H30F6N6O2S. The number of alkyl halides is 4. The van der Waals surface area contributed by atoms with Gasteiger partial charge in [0.2, 0.25) is 5.88 Å². The Balaban J connectivity index is 1.30. The number of halogens is 6. The minimum absolute atomic E-state index is 0.00395. The Labute approximate surface area is 274 Å². The number of hydrogen-bond donors (Lipinski definition) is 2. The van der Waals surface area contributed by atoms with Crippen molar-refractivity contribution in [3.63, 3.8) is 0 Å². The van der Waals surface area contributed by atoms with Gasteiger partial charge in [-0.15, -0.1) is 11.3 Å². The molecule has 3 aliphatic heterocycles. The van der Waals surface area contributed by atoms with Crippen LogP contribution in [0.15, 0.2) is 18.2 Å². The number of rotatable bonds is 6. The van der Waals surface area contributed by atoms with Crippen molar-refractivity contribution in [1.29, 1.82) is 5.26 Å². The predicted octanol–water partition coefficient (Wildman–Crippen LogP) is 6.74. The van der Waals surface area contributed by atoms with Gasteiger partial charge in [-0.1, -0.05) is 6.07 Å². The number of anilines is 1. The fourth-order valence-corrected chi connectivity index (χ4v) is 9.14. The molecule has 2 aromatic heterocycles. The maximum absolute atomic E-state index is 16.9. The molecule has 4 aromatic rings. The van der Waals surface area contributed by atoms with Gasteiger partial charge in [0.15, 0.2) is 5.82 Å². The first-order valence-corrected chi connectivity index (χ1v) is 16.6. The SMILES string of the molecule is N#Cc1c(N)sc2c(F)ccc(-c3c(C(F)(F)F)cc4c(OC5CCC6(CNC6)C5)nc(OCC56CCCN5CC(F)C6)nc4c3F)c12. The van der Waals surface area contributed by atoms with Crippen molar-refractivity contribution in [1.82, 2.24) is 20.2 Å². The third-order valence-electron chi connectivity index (χ3n) is 10.5. The van der Waals surface area contributed by atoms with Crippen LogP contribution in [-0.4, -0.2) is 65.5 Å². The number of hydrogen-bond acceptors (Lipinski definition) is 9. The molecule has 252 valence electrons. The summed E-state index contributed by atoms with van der Waals surface area (Å²) in [7, 11) is 0. The lowest BCUT2D eigenvalue weighted by Gasteiger charge is -2.39. The zero-order chi connectivity index (χ0) is 33.6. The van der Waals surface area contributed by atoms with Gasteiger partial charge < -0.3 is 20.5 Å². The number of nitrogen functional groups attached to an aromatic ring is 1. The molecule has 5 heterocycles. The van der Waals surface area contributed by atoms with Crippen molar-refractivity contribution >= 4 is 37.3 Å². The average Bonchev–Trinajstić information content (AvgIpc) is 3.77. The highest BCUT2D eigenvalue weighted by atomic mass is 32.1. The van der Waals surface area contributed by atoms with Gasteiger partial charge in [-0.2, -0.15) is 28.4 Å². The second kappa shape index (κ2) is 11.1. The minimum Gasteiger partial charge on any atom is -0.474 e. The summed E-state index contributed by atoms with van der Waals surface area (Å²) in [5.41, 5.74) is 1.99. The highest BCUT2D eigenvalue weighted by molar-refractivity contribution is 7.23. The van der Waals surface area contributed by atoms with Crippen molar-refractivity contribution < 1.29 is 35.8 Å². The van der Waals surface area contributed by atoms with Crippen LogP contribution in [0.3, 0.4) is 0 Å². The summed E-state index contributed by atoms with van der Waals surface area (Å²) >= 11 is 0.692. The fourth-order valence-electron chi connectivity index (χ4n) is 8.19. The quantitative estimate of drug-likeness (QED) is 0.215. The Kier molecular flexibility index (Phi) is 7.25. The summed E-state index contributed by atoms with van der Waals surface area (Å²) in [4.78, 5) is 10.7. The van der Waals surface area contributed by atoms with Gasteiger partial charge in [0, 0.05) is 37.0 Å². The van der Waals surface area contributed by atoms with Crippen molar-refractivity contribution in [3.05, 3.63) is 41.0 Å². The van der Waals surface area contributed by atoms with Gasteiger partial charge in [-0.05, 0) is 61.8 Å². The van der Waals surface area contributed by atoms with Crippen molar-refractivity contribution in [2.75, 3.05) is 38.5 Å². The second-order valence-corrected chi connectivity index (χ2v) is 14.6. The average molecular weight is 689 g/mol. The first-order valence-electron chi connectivity index (χ1n) is 15.8. The van der Waals surface area contributed by atoms with E-state index in [1.54, 1.807) is 0 Å². The standard InChI is InChI=1S/C33H30F6N6O2S/c34-16-9-32(5-1-7-45(32)12-16)15-46-30-43-26-19(29(44-30)47-17-4-6-31(10-17)13-42-14-31)8-21(33(37,38)39)24(25(26)36)18-2-3-22(35)27-23(18)20(11-40)28(41)48-27/h2-3,8,16-17,42H,1,4-7,9-10,12-15,41H2. The number of aromatic nitrogens is 2. The van der Waals surface area contributed by atoms with Crippen molar-refractivity contribution in [3.8, 4) is 29.1 Å². The summed E-state index contributed by atoms with van der Waals surface area (Å²) in [5, 5.41) is 12.4. The van der Waals surface area contributed by atoms with Crippen LogP contribution >= 0.6 is 11.3 Å². The molecular weight excluding hydrogens is 658 g/mol. The van der Waals surface area contributed by atoms with Crippen LogP contribution < -0.4 is 20.5 Å². The minimum atomic E-state index is -5.09. The summed E-state index contributed by atoms with van der Waals surface area (Å²) in [6.07, 6.45) is -2.57. The molecule has 1 spiro atoms. The van der Waals surface area contributed by atoms with E-state index < -0.39 is 46.2 Å². The number of benzene rings is 2. The van der Waals surface area contributed by atoms with Crippen molar-refractivity contribution in [2.45, 2.75) is 62.5 Å². The maximum atomic E-state index is 16.9. The number of nitrogens with two attached hydrogens (primary N) is 1. The van der Waals surface area contributed by atoms with Gasteiger partial charge in [-0.3, -0.25) is 4.90 Å². The summed E-state index contributed by atoms with van der Waals surface area (Å²) in [6.45, 7) is 2.60. The Morgan fingerprint density at radius 1 is 1.17 bits per heavy atom. The van der Waals surface area contributed by atoms with Crippen LogP contribution in [0.1, 0.15) is 49.7 Å². The molecule has 15 heteroatoms. The Bertz CT molecular complexity index is 2010. The first-order chi connectivity index (χ1) is 22.9.